The molecule has 7 nitrogen and oxygen atoms in total. The number of aromatic nitrogens is 1. The van der Waals surface area contributed by atoms with Crippen molar-refractivity contribution < 1.29 is 22.7 Å². The van der Waals surface area contributed by atoms with E-state index in [0.29, 0.717) is 31.6 Å². The number of hydrogen-bond acceptors (Lipinski definition) is 5. The van der Waals surface area contributed by atoms with Crippen molar-refractivity contribution >= 4 is 47.4 Å². The first-order valence-corrected chi connectivity index (χ1v) is 9.68. The highest BCUT2D eigenvalue weighted by Gasteiger charge is 2.34. The molecule has 1 heterocycles. The maximum Gasteiger partial charge on any atom is 0.434 e. The van der Waals surface area contributed by atoms with Crippen LogP contribution in [0.4, 0.5) is 18.0 Å². The minimum Gasteiger partial charge on any atom is -0.450 e. The van der Waals surface area contributed by atoms with Crippen LogP contribution in [0.2, 0.25) is 0 Å². The van der Waals surface area contributed by atoms with Crippen molar-refractivity contribution in [3.05, 3.63) is 16.1 Å². The van der Waals surface area contributed by atoms with Gasteiger partial charge in [0.15, 0.2) is 11.7 Å². The summed E-state index contributed by atoms with van der Waals surface area (Å²) in [5.74, 6) is 0.843. The van der Waals surface area contributed by atoms with Gasteiger partial charge in [0.05, 0.1) is 19.2 Å². The molecular weight excluding hydrogens is 510 g/mol. The van der Waals surface area contributed by atoms with Gasteiger partial charge in [-0.25, -0.2) is 14.8 Å². The van der Waals surface area contributed by atoms with Gasteiger partial charge in [0, 0.05) is 18.5 Å². The zero-order chi connectivity index (χ0) is 19.9. The number of thiazole rings is 1. The second-order valence-electron chi connectivity index (χ2n) is 6.01. The van der Waals surface area contributed by atoms with E-state index in [9.17, 15) is 18.0 Å². The number of hydrogen-bond donors (Lipinski definition) is 3. The molecule has 0 radical (unpaired) electrons. The molecule has 28 heavy (non-hydrogen) atoms. The number of amides is 1. The Balaban J connectivity index is 0.00000392. The first-order valence-electron chi connectivity index (χ1n) is 8.80. The molecule has 1 aliphatic carbocycles. The second-order valence-corrected chi connectivity index (χ2v) is 6.95. The zero-order valence-corrected chi connectivity index (χ0v) is 18.8. The minimum atomic E-state index is -4.45. The van der Waals surface area contributed by atoms with Crippen molar-refractivity contribution in [2.75, 3.05) is 19.7 Å². The van der Waals surface area contributed by atoms with Crippen molar-refractivity contribution in [2.45, 2.75) is 45.5 Å². The summed E-state index contributed by atoms with van der Waals surface area (Å²) in [7, 11) is 0. The van der Waals surface area contributed by atoms with Crippen molar-refractivity contribution in [3.8, 4) is 0 Å². The standard InChI is InChI=1S/C16H24F3N5O2S.HI/c1-3-20-14(22-8-13-24-12(9-27-13)16(17,18)19)21-7-11(10-5-6-10)23-15(25)26-4-2;/h9-11H,3-8H2,1-2H3,(H,23,25)(H2,20,21,22);1H. The van der Waals surface area contributed by atoms with Gasteiger partial charge in [0.2, 0.25) is 0 Å². The van der Waals surface area contributed by atoms with Crippen LogP contribution in [0.15, 0.2) is 10.4 Å². The Kier molecular flexibility index (Phi) is 10.3. The number of ether oxygens (including phenoxy) is 1. The van der Waals surface area contributed by atoms with Crippen molar-refractivity contribution in [1.29, 1.82) is 0 Å². The fraction of sp³-hybridized carbons (Fsp3) is 0.688. The first kappa shape index (κ1) is 24.7. The van der Waals surface area contributed by atoms with Crippen LogP contribution in [0.3, 0.4) is 0 Å². The Bertz CT molecular complexity index is 652. The third kappa shape index (κ3) is 8.37. The van der Waals surface area contributed by atoms with Crippen LogP contribution in [-0.2, 0) is 17.5 Å². The maximum atomic E-state index is 12.6. The third-order valence-electron chi connectivity index (χ3n) is 3.82. The number of carbonyl (C=O) groups excluding carboxylic acids is 1. The molecule has 1 unspecified atom stereocenters. The van der Waals surface area contributed by atoms with Crippen LogP contribution in [0.1, 0.15) is 37.4 Å². The van der Waals surface area contributed by atoms with Gasteiger partial charge < -0.3 is 20.7 Å². The third-order valence-corrected chi connectivity index (χ3v) is 4.65. The van der Waals surface area contributed by atoms with E-state index in [2.05, 4.69) is 25.9 Å². The number of nitrogens with one attached hydrogen (secondary N) is 3. The van der Waals surface area contributed by atoms with Crippen LogP contribution < -0.4 is 16.0 Å². The molecule has 1 atom stereocenters. The van der Waals surface area contributed by atoms with Gasteiger partial charge in [-0.2, -0.15) is 13.2 Å². The van der Waals surface area contributed by atoms with Crippen molar-refractivity contribution in [2.24, 2.45) is 10.9 Å². The summed E-state index contributed by atoms with van der Waals surface area (Å²) >= 11 is 0.922. The first-order chi connectivity index (χ1) is 12.8. The van der Waals surface area contributed by atoms with Crippen molar-refractivity contribution in [3.63, 3.8) is 0 Å². The van der Waals surface area contributed by atoms with E-state index in [4.69, 9.17) is 4.74 Å². The van der Waals surface area contributed by atoms with E-state index in [1.807, 2.05) is 6.92 Å². The zero-order valence-electron chi connectivity index (χ0n) is 15.6. The largest absolute Gasteiger partial charge is 0.450 e. The molecule has 1 aromatic heterocycles. The number of rotatable bonds is 8. The lowest BCUT2D eigenvalue weighted by Gasteiger charge is -2.20. The quantitative estimate of drug-likeness (QED) is 0.270. The fourth-order valence-corrected chi connectivity index (χ4v) is 3.09. The predicted octanol–water partition coefficient (Wildman–Crippen LogP) is 3.36. The molecule has 1 aliphatic rings. The minimum absolute atomic E-state index is 0. The molecule has 1 amide bonds. The number of halogens is 4. The molecule has 160 valence electrons. The predicted molar refractivity (Wildman–Crippen MR) is 112 cm³/mol. The smallest absolute Gasteiger partial charge is 0.434 e. The molecule has 0 spiro atoms. The lowest BCUT2D eigenvalue weighted by Crippen LogP contribution is -2.48. The molecule has 0 aromatic carbocycles. The summed E-state index contributed by atoms with van der Waals surface area (Å²) in [5, 5.41) is 10.2. The van der Waals surface area contributed by atoms with Gasteiger partial charge in [-0.3, -0.25) is 0 Å². The van der Waals surface area contributed by atoms with Gasteiger partial charge in [-0.05, 0) is 32.6 Å². The van der Waals surface area contributed by atoms with Crippen molar-refractivity contribution in [1.82, 2.24) is 20.9 Å². The average molecular weight is 535 g/mol. The van der Waals surface area contributed by atoms with Crippen LogP contribution in [0.25, 0.3) is 0 Å². The summed E-state index contributed by atoms with van der Waals surface area (Å²) in [4.78, 5) is 19.5. The molecule has 0 bridgehead atoms. The number of alkyl halides is 3. The topological polar surface area (TPSA) is 87.6 Å². The summed E-state index contributed by atoms with van der Waals surface area (Å²) in [6, 6.07) is -0.0930. The molecule has 0 aliphatic heterocycles. The SMILES string of the molecule is CCNC(=NCc1nc(C(F)(F)F)cs1)NCC(NC(=O)OCC)C1CC1.I. The monoisotopic (exact) mass is 535 g/mol. The van der Waals surface area contributed by atoms with Crippen LogP contribution in [-0.4, -0.2) is 42.8 Å². The summed E-state index contributed by atoms with van der Waals surface area (Å²) in [6.07, 6.45) is -2.84. The molecule has 1 aromatic rings. The normalized spacial score (nSPS) is 15.4. The Morgan fingerprint density at radius 1 is 1.39 bits per heavy atom. The number of alkyl carbamates (subject to hydrolysis) is 1. The lowest BCUT2D eigenvalue weighted by atomic mass is 10.2. The summed E-state index contributed by atoms with van der Waals surface area (Å²) in [5.41, 5.74) is -0.900. The number of guanidine groups is 1. The number of aliphatic imine (C=N–C) groups is 1. The van der Waals surface area contributed by atoms with Crippen LogP contribution in [0, 0.1) is 5.92 Å². The van der Waals surface area contributed by atoms with E-state index in [-0.39, 0.29) is 41.6 Å². The summed E-state index contributed by atoms with van der Waals surface area (Å²) in [6.45, 7) is 5.00. The second kappa shape index (κ2) is 11.6. The Hall–Kier alpha value is -1.31. The van der Waals surface area contributed by atoms with Gasteiger partial charge in [-0.1, -0.05) is 0 Å². The Morgan fingerprint density at radius 2 is 2.11 bits per heavy atom. The fourth-order valence-electron chi connectivity index (χ4n) is 2.37. The molecule has 0 saturated heterocycles. The molecule has 1 saturated carbocycles. The molecule has 3 N–H and O–H groups in total. The lowest BCUT2D eigenvalue weighted by molar-refractivity contribution is -0.140. The van der Waals surface area contributed by atoms with E-state index in [1.165, 1.54) is 0 Å². The Labute approximate surface area is 182 Å². The van der Waals surface area contributed by atoms with E-state index >= 15 is 0 Å². The average Bonchev–Trinajstić information content (AvgIpc) is 3.32. The highest BCUT2D eigenvalue weighted by atomic mass is 127. The molecule has 1 fully saturated rings. The summed E-state index contributed by atoms with van der Waals surface area (Å²) < 4.78 is 42.7. The number of carbonyl (C=O) groups is 1. The van der Waals surface area contributed by atoms with Crippen LogP contribution >= 0.6 is 35.3 Å². The van der Waals surface area contributed by atoms with Gasteiger partial charge in [0.1, 0.15) is 5.01 Å². The molecular formula is C16H25F3IN5O2S. The highest BCUT2D eigenvalue weighted by molar-refractivity contribution is 14.0. The Morgan fingerprint density at radius 3 is 2.64 bits per heavy atom. The van der Waals surface area contributed by atoms with Gasteiger partial charge in [-0.15, -0.1) is 35.3 Å². The molecule has 2 rings (SSSR count). The van der Waals surface area contributed by atoms with E-state index in [1.54, 1.807) is 6.92 Å². The maximum absolute atomic E-state index is 12.6. The number of nitrogens with zero attached hydrogens (tertiary/aromatic N) is 2. The van der Waals surface area contributed by atoms with Crippen LogP contribution in [0.5, 0.6) is 0 Å². The van der Waals surface area contributed by atoms with Gasteiger partial charge in [0.25, 0.3) is 0 Å². The van der Waals surface area contributed by atoms with E-state index < -0.39 is 18.0 Å². The molecule has 12 heteroatoms. The van der Waals surface area contributed by atoms with Gasteiger partial charge >= 0.3 is 12.3 Å². The highest BCUT2D eigenvalue weighted by Crippen LogP contribution is 2.32. The van der Waals surface area contributed by atoms with E-state index in [0.717, 1.165) is 29.6 Å².